The van der Waals surface area contributed by atoms with E-state index in [0.717, 1.165) is 12.1 Å². The summed E-state index contributed by atoms with van der Waals surface area (Å²) in [6, 6.07) is 21.2. The van der Waals surface area contributed by atoms with Crippen LogP contribution >= 0.6 is 0 Å². The van der Waals surface area contributed by atoms with E-state index in [-0.39, 0.29) is 139 Å². The summed E-state index contributed by atoms with van der Waals surface area (Å²) in [6.45, 7) is 0. The number of amides is 1. The van der Waals surface area contributed by atoms with Gasteiger partial charge >= 0.3 is 124 Å². The molecule has 1 amide bonds. The van der Waals surface area contributed by atoms with Crippen molar-refractivity contribution in [1.82, 2.24) is 15.0 Å². The van der Waals surface area contributed by atoms with E-state index < -0.39 is 113 Å². The third kappa shape index (κ3) is 13.6. The van der Waals surface area contributed by atoms with E-state index in [4.69, 9.17) is 0 Å². The Bertz CT molecular complexity index is 3470. The van der Waals surface area contributed by atoms with Gasteiger partial charge in [-0.3, -0.25) is 15.0 Å². The average Bonchev–Trinajstić information content (AvgIpc) is 3.18. The number of benzene rings is 5. The van der Waals surface area contributed by atoms with Gasteiger partial charge in [0.2, 0.25) is 11.7 Å². The number of hydrogen-bond acceptors (Lipinski definition) is 20. The maximum atomic E-state index is 14.9. The topological polar surface area (TPSA) is 353 Å². The smallest absolute Gasteiger partial charge is 0.744 e. The van der Waals surface area contributed by atoms with Gasteiger partial charge < -0.3 is 28.8 Å². The number of ketones is 1. The first kappa shape index (κ1) is 58.2. The van der Waals surface area contributed by atoms with Gasteiger partial charge in [0.15, 0.2) is 10.3 Å². The fourth-order valence-electron chi connectivity index (χ4n) is 6.06. The minimum Gasteiger partial charge on any atom is -0.744 e. The van der Waals surface area contributed by atoms with E-state index in [1.165, 1.54) is 42.5 Å². The summed E-state index contributed by atoms with van der Waals surface area (Å²) < 4.78 is 163. The summed E-state index contributed by atoms with van der Waals surface area (Å²) in [6.07, 6.45) is -1.15. The van der Waals surface area contributed by atoms with E-state index in [0.29, 0.717) is 35.0 Å². The number of fused-ring (bicyclic) bond motifs is 2. The van der Waals surface area contributed by atoms with Crippen LogP contribution < -0.4 is 139 Å². The van der Waals surface area contributed by atoms with Crippen LogP contribution in [0.1, 0.15) is 26.3 Å². The van der Waals surface area contributed by atoms with Gasteiger partial charge in [0.1, 0.15) is 36.1 Å². The minimum atomic E-state index is -5.74. The van der Waals surface area contributed by atoms with Crippen molar-refractivity contribution in [3.63, 3.8) is 0 Å². The van der Waals surface area contributed by atoms with Crippen molar-refractivity contribution < 1.29 is 184 Å². The van der Waals surface area contributed by atoms with Gasteiger partial charge in [0.05, 0.1) is 37.3 Å². The van der Waals surface area contributed by atoms with Gasteiger partial charge in [-0.05, 0) is 77.0 Å². The molecule has 0 saturated carbocycles. The molecule has 0 spiro atoms. The van der Waals surface area contributed by atoms with Crippen LogP contribution in [0.25, 0.3) is 16.8 Å². The van der Waals surface area contributed by atoms with Crippen molar-refractivity contribution >= 4 is 110 Å². The van der Waals surface area contributed by atoms with E-state index in [9.17, 15) is 65.9 Å². The molecule has 0 radical (unpaired) electrons. The molecule has 0 fully saturated rings. The maximum Gasteiger partial charge on any atom is 1.00 e. The quantitative estimate of drug-likeness (QED) is 0.0582. The molecule has 7 rings (SSSR count). The number of Topliss-reactive ketones (excluding diaryl/α,β-unsaturated/α-hetero) is 1. The molecule has 1 heterocycles. The van der Waals surface area contributed by atoms with Crippen LogP contribution in [-0.2, 0) is 40.7 Å². The molecule has 22 nitrogen and oxygen atoms in total. The SMILES string of the molecule is O=C(Nc1cc(S(=O)(=O)[O-])cc2c1C(=O)/C(=N\Nc1cc(Nc3nc(F)nc(N(c4ccc5ccccc5c4)S(=O)(=O)[O-])n3)ccc1S(=O)(=O)[O-])C(S(=O)(=O)[O-])=C2)c1ccccc1.[Na+].[Na+].[Na+].[Na+]. The molecule has 67 heavy (non-hydrogen) atoms. The predicted octanol–water partition coefficient (Wildman–Crippen LogP) is -8.87. The second-order valence-electron chi connectivity index (χ2n) is 12.8. The Balaban J connectivity index is 0.00000298. The van der Waals surface area contributed by atoms with Crippen LogP contribution in [0.5, 0.6) is 0 Å². The first-order valence-corrected chi connectivity index (χ1v) is 22.7. The summed E-state index contributed by atoms with van der Waals surface area (Å²) in [4.78, 5) is 34.1. The first-order valence-electron chi connectivity index (χ1n) is 17.1. The van der Waals surface area contributed by atoms with Crippen molar-refractivity contribution in [2.24, 2.45) is 5.10 Å². The fourth-order valence-corrected chi connectivity index (χ4v) is 8.50. The summed E-state index contributed by atoms with van der Waals surface area (Å²) in [5, 5.41) is 9.39. The molecule has 31 heteroatoms. The Morgan fingerprint density at radius 3 is 1.93 bits per heavy atom. The van der Waals surface area contributed by atoms with Crippen LogP contribution in [0.4, 0.5) is 39.0 Å². The monoisotopic (exact) mass is 1030 g/mol. The molecule has 5 aromatic carbocycles. The number of carbonyl (C=O) groups is 2. The Morgan fingerprint density at radius 1 is 0.672 bits per heavy atom. The molecule has 1 aromatic heterocycles. The Labute approximate surface area is 468 Å². The molecule has 3 N–H and O–H groups in total. The predicted molar refractivity (Wildman–Crippen MR) is 215 cm³/mol. The van der Waals surface area contributed by atoms with Crippen molar-refractivity contribution in [3.8, 4) is 0 Å². The molecule has 0 saturated heterocycles. The molecule has 6 aromatic rings. The Morgan fingerprint density at radius 2 is 1.31 bits per heavy atom. The van der Waals surface area contributed by atoms with Crippen molar-refractivity contribution in [2.45, 2.75) is 9.79 Å². The molecular formula is C36H21FN8Na4O14S4. The van der Waals surface area contributed by atoms with Gasteiger partial charge in [-0.2, -0.15) is 24.4 Å². The zero-order valence-electron chi connectivity index (χ0n) is 34.9. The number of nitrogens with zero attached hydrogens (tertiary/aromatic N) is 5. The van der Waals surface area contributed by atoms with Gasteiger partial charge in [-0.1, -0.05) is 48.5 Å². The number of aromatic nitrogens is 3. The number of nitrogens with one attached hydrogen (secondary N) is 3. The number of allylic oxidation sites excluding steroid dienone is 1. The minimum absolute atomic E-state index is 0. The van der Waals surface area contributed by atoms with E-state index in [1.807, 2.05) is 5.43 Å². The van der Waals surface area contributed by atoms with Crippen LogP contribution in [0, 0.1) is 6.08 Å². The molecular weight excluding hydrogens is 1010 g/mol. The number of rotatable bonds is 12. The number of hydrogen-bond donors (Lipinski definition) is 3. The first-order chi connectivity index (χ1) is 29.5. The maximum absolute atomic E-state index is 14.9. The molecule has 1 aliphatic rings. The molecule has 324 valence electrons. The zero-order chi connectivity index (χ0) is 45.6. The number of halogens is 1. The Kier molecular flexibility index (Phi) is 19.8. The molecule has 1 aliphatic carbocycles. The van der Waals surface area contributed by atoms with E-state index in [1.54, 1.807) is 30.3 Å². The summed E-state index contributed by atoms with van der Waals surface area (Å²) in [7, 11) is -22.1. The largest absolute Gasteiger partial charge is 1.00 e. The van der Waals surface area contributed by atoms with E-state index >= 15 is 0 Å². The van der Waals surface area contributed by atoms with Gasteiger partial charge in [0.25, 0.3) is 11.9 Å². The normalized spacial score (nSPS) is 13.1. The Hall–Kier alpha value is -3.11. The number of carbonyl (C=O) groups excluding carboxylic acids is 2. The number of anilines is 6. The van der Waals surface area contributed by atoms with Crippen LogP contribution in [0.15, 0.2) is 123 Å². The third-order valence-corrected chi connectivity index (χ3v) is 12.1. The molecule has 0 atom stereocenters. The second-order valence-corrected chi connectivity index (χ2v) is 18.1. The summed E-state index contributed by atoms with van der Waals surface area (Å²) >= 11 is 0. The average molecular weight is 1030 g/mol. The molecule has 0 aliphatic heterocycles. The summed E-state index contributed by atoms with van der Waals surface area (Å²) in [5.41, 5.74) is -2.76. The standard InChI is InChI=1S/C36H25FN8O14S4.4Na/c37-34-40-35(42-36(41-34)45(63(57,58)59)24-12-10-19-6-4-5-9-21(19)14-24)38-23-11-13-28(61(51,52)53)26(17-23)43-44-31-29(62(54,55)56)16-22-15-25(60(48,49)50)18-27(30(22)32(31)46)39-33(47)20-7-2-1-3-8-20;;;;/h1-18,43H,(H,39,47)(H,48,49,50)(H,51,52,53)(H,54,55,56)(H,57,58,59)(H,38,40,41,42);;;;/q;4*+1/p-4/b44-31-;;;;. The van der Waals surface area contributed by atoms with Crippen molar-refractivity contribution in [3.05, 3.63) is 131 Å². The molecule has 0 unspecified atom stereocenters. The van der Waals surface area contributed by atoms with Crippen LogP contribution in [0.2, 0.25) is 0 Å². The van der Waals surface area contributed by atoms with Gasteiger partial charge in [0, 0.05) is 11.3 Å². The number of hydrazone groups is 1. The zero-order valence-corrected chi connectivity index (χ0v) is 46.1. The van der Waals surface area contributed by atoms with Crippen molar-refractivity contribution in [2.75, 3.05) is 20.4 Å². The van der Waals surface area contributed by atoms with E-state index in [2.05, 4.69) is 30.7 Å². The van der Waals surface area contributed by atoms with Gasteiger partial charge in [-0.15, -0.1) is 0 Å². The van der Waals surface area contributed by atoms with Gasteiger partial charge in [-0.25, -0.2) is 38.0 Å². The second kappa shape index (κ2) is 22.8. The third-order valence-electron chi connectivity index (χ3n) is 8.71. The fraction of sp³-hybridized carbons (Fsp3) is 0. The van der Waals surface area contributed by atoms with Crippen LogP contribution in [0.3, 0.4) is 0 Å². The molecule has 0 bridgehead atoms. The van der Waals surface area contributed by atoms with Crippen LogP contribution in [-0.4, -0.2) is 84.2 Å². The van der Waals surface area contributed by atoms with Crippen molar-refractivity contribution in [1.29, 1.82) is 0 Å². The summed E-state index contributed by atoms with van der Waals surface area (Å²) in [5.74, 6) is -4.27.